The van der Waals surface area contributed by atoms with E-state index < -0.39 is 16.8 Å². The molecule has 2 aromatic carbocycles. The van der Waals surface area contributed by atoms with Gasteiger partial charge in [0.2, 0.25) is 5.91 Å². The summed E-state index contributed by atoms with van der Waals surface area (Å²) in [5.74, 6) is -1.31. The Labute approximate surface area is 327 Å². The van der Waals surface area contributed by atoms with Crippen LogP contribution >= 0.6 is 0 Å². The summed E-state index contributed by atoms with van der Waals surface area (Å²) in [6.07, 6.45) is 0.201. The van der Waals surface area contributed by atoms with Gasteiger partial charge in [-0.1, -0.05) is 30.3 Å². The van der Waals surface area contributed by atoms with Crippen molar-refractivity contribution >= 4 is 35.3 Å². The van der Waals surface area contributed by atoms with E-state index in [0.29, 0.717) is 75.7 Å². The number of benzene rings is 2. The normalized spacial score (nSPS) is 16.3. The first kappa shape index (κ1) is 45.2. The molecule has 1 amide bonds. The monoisotopic (exact) mass is 765 g/mol. The maximum atomic E-state index is 13.2. The molecule has 1 saturated heterocycles. The molecule has 13 heteroatoms. The van der Waals surface area contributed by atoms with Crippen LogP contribution in [-0.2, 0) is 33.4 Å². The SMILES string of the molecule is CC(C)(C)OC(=O)CN1CCN(CCC(=O)Nc2ccc(C(=O)c3ccccc3)cc2)CCN(CC(=O)OC(C)(C)C)CCN(CC(=O)OC(C)(C)C)CC1. The maximum absolute atomic E-state index is 13.2. The number of hydrogen-bond donors (Lipinski definition) is 1. The number of ether oxygens (including phenoxy) is 3. The second-order valence-corrected chi connectivity index (χ2v) is 17.0. The highest BCUT2D eigenvalue weighted by Crippen LogP contribution is 2.15. The third-order valence-corrected chi connectivity index (χ3v) is 8.37. The largest absolute Gasteiger partial charge is 0.459 e. The van der Waals surface area contributed by atoms with E-state index in [1.807, 2.05) is 95.2 Å². The van der Waals surface area contributed by atoms with E-state index in [4.69, 9.17) is 14.2 Å². The number of anilines is 1. The van der Waals surface area contributed by atoms with E-state index in [-0.39, 0.29) is 55.7 Å². The average Bonchev–Trinajstić information content (AvgIpc) is 3.05. The first-order chi connectivity index (χ1) is 25.6. The van der Waals surface area contributed by atoms with Gasteiger partial charge >= 0.3 is 17.9 Å². The van der Waals surface area contributed by atoms with Crippen molar-refractivity contribution in [2.75, 3.05) is 83.9 Å². The summed E-state index contributed by atoms with van der Waals surface area (Å²) in [6.45, 7) is 21.1. The summed E-state index contributed by atoms with van der Waals surface area (Å²) < 4.78 is 16.9. The molecule has 0 atom stereocenters. The van der Waals surface area contributed by atoms with Crippen LogP contribution in [0.3, 0.4) is 0 Å². The predicted molar refractivity (Wildman–Crippen MR) is 213 cm³/mol. The Morgan fingerprint density at radius 2 is 0.855 bits per heavy atom. The van der Waals surface area contributed by atoms with Crippen LogP contribution in [0.25, 0.3) is 0 Å². The highest BCUT2D eigenvalue weighted by atomic mass is 16.6. The zero-order valence-corrected chi connectivity index (χ0v) is 34.4. The summed E-state index contributed by atoms with van der Waals surface area (Å²) in [6, 6.07) is 15.9. The molecule has 0 bridgehead atoms. The molecule has 0 aromatic heterocycles. The number of amides is 1. The van der Waals surface area contributed by atoms with E-state index in [9.17, 15) is 24.0 Å². The molecule has 1 heterocycles. The molecule has 13 nitrogen and oxygen atoms in total. The number of carbonyl (C=O) groups is 5. The van der Waals surface area contributed by atoms with Gasteiger partial charge in [-0.3, -0.25) is 38.7 Å². The van der Waals surface area contributed by atoms with Crippen LogP contribution in [0.1, 0.15) is 84.7 Å². The fraction of sp³-hybridized carbons (Fsp3) is 0.595. The highest BCUT2D eigenvalue weighted by Gasteiger charge is 2.26. The van der Waals surface area contributed by atoms with E-state index in [0.717, 1.165) is 0 Å². The molecule has 0 aliphatic carbocycles. The van der Waals surface area contributed by atoms with Crippen molar-refractivity contribution in [3.05, 3.63) is 65.7 Å². The van der Waals surface area contributed by atoms with Gasteiger partial charge in [-0.25, -0.2) is 0 Å². The van der Waals surface area contributed by atoms with E-state index in [2.05, 4.69) is 10.2 Å². The molecule has 55 heavy (non-hydrogen) atoms. The maximum Gasteiger partial charge on any atom is 0.320 e. The molecule has 0 saturated carbocycles. The van der Waals surface area contributed by atoms with Crippen molar-refractivity contribution in [2.45, 2.75) is 85.5 Å². The van der Waals surface area contributed by atoms with Gasteiger partial charge in [-0.05, 0) is 86.6 Å². The zero-order valence-electron chi connectivity index (χ0n) is 34.4. The molecule has 0 spiro atoms. The van der Waals surface area contributed by atoms with Crippen molar-refractivity contribution in [3.63, 3.8) is 0 Å². The van der Waals surface area contributed by atoms with Crippen molar-refractivity contribution < 1.29 is 38.2 Å². The molecule has 304 valence electrons. The van der Waals surface area contributed by atoms with E-state index >= 15 is 0 Å². The minimum Gasteiger partial charge on any atom is -0.459 e. The molecule has 1 aliphatic heterocycles. The number of ketones is 1. The van der Waals surface area contributed by atoms with Gasteiger partial charge in [0.25, 0.3) is 0 Å². The van der Waals surface area contributed by atoms with E-state index in [1.54, 1.807) is 36.4 Å². The van der Waals surface area contributed by atoms with Gasteiger partial charge in [-0.2, -0.15) is 0 Å². The third-order valence-electron chi connectivity index (χ3n) is 8.37. The highest BCUT2D eigenvalue weighted by molar-refractivity contribution is 6.09. The first-order valence-corrected chi connectivity index (χ1v) is 19.2. The van der Waals surface area contributed by atoms with Gasteiger partial charge in [0, 0.05) is 82.1 Å². The Morgan fingerprint density at radius 1 is 0.509 bits per heavy atom. The van der Waals surface area contributed by atoms with Crippen molar-refractivity contribution in [1.29, 1.82) is 0 Å². The molecule has 3 rings (SSSR count). The summed E-state index contributed by atoms with van der Waals surface area (Å²) in [4.78, 5) is 73.0. The molecular formula is C42H63N5O8. The van der Waals surface area contributed by atoms with Crippen LogP contribution in [0.4, 0.5) is 5.69 Å². The number of rotatable bonds is 12. The Hall–Kier alpha value is -4.17. The van der Waals surface area contributed by atoms with Gasteiger partial charge in [0.15, 0.2) is 5.78 Å². The Bertz CT molecular complexity index is 1520. The molecule has 2 aromatic rings. The lowest BCUT2D eigenvalue weighted by atomic mass is 10.0. The van der Waals surface area contributed by atoms with Gasteiger partial charge in [0.1, 0.15) is 16.8 Å². The minimum absolute atomic E-state index is 0.0606. The first-order valence-electron chi connectivity index (χ1n) is 19.2. The Morgan fingerprint density at radius 3 is 1.22 bits per heavy atom. The van der Waals surface area contributed by atoms with Crippen LogP contribution in [0.2, 0.25) is 0 Å². The number of carbonyl (C=O) groups excluding carboxylic acids is 5. The van der Waals surface area contributed by atoms with Gasteiger partial charge < -0.3 is 24.4 Å². The molecule has 0 radical (unpaired) electrons. The number of hydrogen-bond acceptors (Lipinski definition) is 12. The molecular weight excluding hydrogens is 702 g/mol. The van der Waals surface area contributed by atoms with Crippen LogP contribution in [0.15, 0.2) is 54.6 Å². The smallest absolute Gasteiger partial charge is 0.320 e. The second-order valence-electron chi connectivity index (χ2n) is 17.0. The zero-order chi connectivity index (χ0) is 40.8. The summed E-state index contributed by atoms with van der Waals surface area (Å²) in [5.41, 5.74) is -0.196. The fourth-order valence-corrected chi connectivity index (χ4v) is 5.89. The van der Waals surface area contributed by atoms with Gasteiger partial charge in [0.05, 0.1) is 19.6 Å². The van der Waals surface area contributed by atoms with Crippen LogP contribution in [-0.4, -0.2) is 145 Å². The molecule has 1 aliphatic rings. The van der Waals surface area contributed by atoms with Crippen molar-refractivity contribution in [1.82, 2.24) is 19.6 Å². The van der Waals surface area contributed by atoms with E-state index in [1.165, 1.54) is 0 Å². The van der Waals surface area contributed by atoms with Crippen molar-refractivity contribution in [3.8, 4) is 0 Å². The van der Waals surface area contributed by atoms with Crippen LogP contribution < -0.4 is 5.32 Å². The third kappa shape index (κ3) is 18.8. The van der Waals surface area contributed by atoms with Crippen LogP contribution in [0, 0.1) is 0 Å². The molecule has 0 unspecified atom stereocenters. The number of nitrogens with one attached hydrogen (secondary N) is 1. The van der Waals surface area contributed by atoms with Crippen molar-refractivity contribution in [2.24, 2.45) is 0 Å². The lowest BCUT2D eigenvalue weighted by molar-refractivity contribution is -0.158. The minimum atomic E-state index is -0.638. The standard InChI is InChI=1S/C42H63N5O8/c1-40(2,3)53-36(49)29-45-23-21-44(20-19-35(48)43-34-17-15-33(16-18-34)39(52)32-13-11-10-12-14-32)22-24-46(30-37(50)54-41(4,5)6)26-28-47(27-25-45)31-38(51)55-42(7,8)9/h10-18H,19-31H2,1-9H3,(H,43,48). The summed E-state index contributed by atoms with van der Waals surface area (Å²) in [5, 5.41) is 2.94. The summed E-state index contributed by atoms with van der Waals surface area (Å²) in [7, 11) is 0. The topological polar surface area (TPSA) is 138 Å². The molecule has 1 N–H and O–H groups in total. The number of esters is 3. The lowest BCUT2D eigenvalue weighted by Crippen LogP contribution is -2.49. The second kappa shape index (κ2) is 20.7. The fourth-order valence-electron chi connectivity index (χ4n) is 5.89. The summed E-state index contributed by atoms with van der Waals surface area (Å²) >= 11 is 0. The average molecular weight is 766 g/mol. The lowest BCUT2D eigenvalue weighted by Gasteiger charge is -2.34. The van der Waals surface area contributed by atoms with Gasteiger partial charge in [-0.15, -0.1) is 0 Å². The Balaban J connectivity index is 1.75. The van der Waals surface area contributed by atoms with Crippen LogP contribution in [0.5, 0.6) is 0 Å². The Kier molecular flexibility index (Phi) is 17.0. The molecule has 1 fully saturated rings. The number of nitrogens with zero attached hydrogens (tertiary/aromatic N) is 4. The predicted octanol–water partition coefficient (Wildman–Crippen LogP) is 4.49. The quantitative estimate of drug-likeness (QED) is 0.185.